The SMILES string of the molecule is CN/C(=C\C=N)C(=O)Nc1ccc(Nc2ccc(NC(=O)c3ccc(N4CCC(O)CC4)cc3)cc2F)cc1. The molecule has 0 aromatic heterocycles. The van der Waals surface area contributed by atoms with Crippen molar-refractivity contribution in [2.24, 2.45) is 0 Å². The van der Waals surface area contributed by atoms with Crippen molar-refractivity contribution in [1.29, 1.82) is 5.41 Å². The summed E-state index contributed by atoms with van der Waals surface area (Å²) in [5.41, 5.74) is 3.41. The number of piperidine rings is 1. The summed E-state index contributed by atoms with van der Waals surface area (Å²) in [6.07, 6.45) is 3.57. The Bertz CT molecular complexity index is 1350. The maximum Gasteiger partial charge on any atom is 0.271 e. The van der Waals surface area contributed by atoms with Crippen LogP contribution in [0.3, 0.4) is 0 Å². The van der Waals surface area contributed by atoms with Gasteiger partial charge in [-0.3, -0.25) is 9.59 Å². The number of anilines is 5. The molecule has 39 heavy (non-hydrogen) atoms. The summed E-state index contributed by atoms with van der Waals surface area (Å²) in [6, 6.07) is 18.4. The number of likely N-dealkylation sites (N-methyl/N-ethyl adjacent to an activating group) is 1. The Morgan fingerprint density at radius 2 is 1.59 bits per heavy atom. The third-order valence-electron chi connectivity index (χ3n) is 6.37. The van der Waals surface area contributed by atoms with Gasteiger partial charge in [0.1, 0.15) is 11.5 Å². The van der Waals surface area contributed by atoms with E-state index in [-0.39, 0.29) is 29.3 Å². The maximum atomic E-state index is 14.8. The smallest absolute Gasteiger partial charge is 0.271 e. The normalized spacial score (nSPS) is 13.9. The fourth-order valence-electron chi connectivity index (χ4n) is 4.19. The van der Waals surface area contributed by atoms with Crippen LogP contribution in [-0.4, -0.2) is 49.4 Å². The molecule has 0 spiro atoms. The van der Waals surface area contributed by atoms with E-state index >= 15 is 0 Å². The average molecular weight is 531 g/mol. The molecule has 1 saturated heterocycles. The number of rotatable bonds is 9. The summed E-state index contributed by atoms with van der Waals surface area (Å²) in [7, 11) is 1.59. The first-order valence-corrected chi connectivity index (χ1v) is 12.6. The van der Waals surface area contributed by atoms with Gasteiger partial charge in [-0.05, 0) is 85.6 Å². The Balaban J connectivity index is 1.33. The van der Waals surface area contributed by atoms with Crippen molar-refractivity contribution in [1.82, 2.24) is 5.32 Å². The lowest BCUT2D eigenvalue weighted by Gasteiger charge is -2.31. The average Bonchev–Trinajstić information content (AvgIpc) is 2.94. The van der Waals surface area contributed by atoms with E-state index in [9.17, 15) is 19.1 Å². The van der Waals surface area contributed by atoms with Gasteiger partial charge in [0.15, 0.2) is 0 Å². The number of hydrogen-bond donors (Lipinski definition) is 6. The quantitative estimate of drug-likeness (QED) is 0.179. The molecule has 0 atom stereocenters. The zero-order valence-electron chi connectivity index (χ0n) is 21.5. The van der Waals surface area contributed by atoms with E-state index in [0.717, 1.165) is 37.8 Å². The number of aliphatic hydroxyl groups excluding tert-OH is 1. The molecule has 9 nitrogen and oxygen atoms in total. The molecule has 6 N–H and O–H groups in total. The van der Waals surface area contributed by atoms with Crippen LogP contribution in [0.1, 0.15) is 23.2 Å². The fraction of sp³-hybridized carbons (Fsp3) is 0.207. The molecule has 202 valence electrons. The van der Waals surface area contributed by atoms with Crippen LogP contribution in [0.2, 0.25) is 0 Å². The predicted octanol–water partition coefficient (Wildman–Crippen LogP) is 4.47. The molecule has 1 aliphatic rings. The van der Waals surface area contributed by atoms with Crippen molar-refractivity contribution in [3.8, 4) is 0 Å². The minimum atomic E-state index is -0.539. The maximum absolute atomic E-state index is 14.8. The van der Waals surface area contributed by atoms with Gasteiger partial charge < -0.3 is 36.7 Å². The van der Waals surface area contributed by atoms with Gasteiger partial charge in [0.05, 0.1) is 11.8 Å². The molecule has 0 bridgehead atoms. The van der Waals surface area contributed by atoms with Crippen LogP contribution >= 0.6 is 0 Å². The number of halogens is 1. The fourth-order valence-corrected chi connectivity index (χ4v) is 4.19. The van der Waals surface area contributed by atoms with Gasteiger partial charge in [-0.1, -0.05) is 0 Å². The second-order valence-electron chi connectivity index (χ2n) is 9.07. The molecule has 0 aliphatic carbocycles. The van der Waals surface area contributed by atoms with Crippen LogP contribution in [-0.2, 0) is 4.79 Å². The highest BCUT2D eigenvalue weighted by Crippen LogP contribution is 2.25. The minimum Gasteiger partial charge on any atom is -0.393 e. The molecule has 0 unspecified atom stereocenters. The second kappa shape index (κ2) is 12.7. The van der Waals surface area contributed by atoms with Crippen LogP contribution in [0.4, 0.5) is 32.8 Å². The Hall–Kier alpha value is -4.70. The monoisotopic (exact) mass is 530 g/mol. The van der Waals surface area contributed by atoms with Gasteiger partial charge in [-0.15, -0.1) is 0 Å². The van der Waals surface area contributed by atoms with Crippen molar-refractivity contribution in [3.63, 3.8) is 0 Å². The van der Waals surface area contributed by atoms with E-state index in [0.29, 0.717) is 22.6 Å². The highest BCUT2D eigenvalue weighted by molar-refractivity contribution is 6.05. The lowest BCUT2D eigenvalue weighted by atomic mass is 10.1. The molecular weight excluding hydrogens is 499 g/mol. The number of carbonyl (C=O) groups is 2. The molecule has 4 rings (SSSR count). The lowest BCUT2D eigenvalue weighted by Crippen LogP contribution is -2.35. The zero-order chi connectivity index (χ0) is 27.8. The van der Waals surface area contributed by atoms with Crippen molar-refractivity contribution in [3.05, 3.63) is 89.9 Å². The lowest BCUT2D eigenvalue weighted by molar-refractivity contribution is -0.113. The molecule has 0 saturated carbocycles. The number of hydrogen-bond acceptors (Lipinski definition) is 7. The third kappa shape index (κ3) is 7.20. The first-order valence-electron chi connectivity index (χ1n) is 12.6. The Kier molecular flexibility index (Phi) is 8.90. The molecule has 1 fully saturated rings. The molecule has 3 aromatic rings. The van der Waals surface area contributed by atoms with Gasteiger partial charge in [0, 0.05) is 54.7 Å². The van der Waals surface area contributed by atoms with Crippen LogP contribution in [0.15, 0.2) is 78.5 Å². The molecule has 0 radical (unpaired) electrons. The standard InChI is InChI=1S/C29H31FN6O3/c1-32-27(12-15-31)29(39)34-21-6-4-20(5-7-21)33-26-11-8-22(18-25(26)30)35-28(38)19-2-9-23(10-3-19)36-16-13-24(37)14-17-36/h2-12,15,18,24,31-33,37H,13-14,16-17H2,1H3,(H,34,39)(H,35,38)/b27-12-,31-15?. The van der Waals surface area contributed by atoms with Crippen LogP contribution < -0.4 is 26.2 Å². The van der Waals surface area contributed by atoms with Gasteiger partial charge >= 0.3 is 0 Å². The molecule has 10 heteroatoms. The second-order valence-corrected chi connectivity index (χ2v) is 9.07. The molecule has 1 aliphatic heterocycles. The van der Waals surface area contributed by atoms with E-state index in [1.165, 1.54) is 18.2 Å². The Morgan fingerprint density at radius 3 is 2.21 bits per heavy atom. The Morgan fingerprint density at radius 1 is 0.949 bits per heavy atom. The highest BCUT2D eigenvalue weighted by Gasteiger charge is 2.17. The predicted molar refractivity (Wildman–Crippen MR) is 153 cm³/mol. The molecule has 2 amide bonds. The summed E-state index contributed by atoms with van der Waals surface area (Å²) in [6.45, 7) is 1.54. The van der Waals surface area contributed by atoms with Gasteiger partial charge in [-0.2, -0.15) is 0 Å². The van der Waals surface area contributed by atoms with Gasteiger partial charge in [0.2, 0.25) is 0 Å². The number of allylic oxidation sites excluding steroid dienone is 1. The highest BCUT2D eigenvalue weighted by atomic mass is 19.1. The number of benzene rings is 3. The van der Waals surface area contributed by atoms with E-state index in [4.69, 9.17) is 5.41 Å². The summed E-state index contributed by atoms with van der Waals surface area (Å²) < 4.78 is 14.8. The van der Waals surface area contributed by atoms with Gasteiger partial charge in [-0.25, -0.2) is 4.39 Å². The van der Waals surface area contributed by atoms with E-state index in [1.807, 2.05) is 12.1 Å². The summed E-state index contributed by atoms with van der Waals surface area (Å²) in [5, 5.41) is 27.9. The minimum absolute atomic E-state index is 0.229. The van der Waals surface area contributed by atoms with Gasteiger partial charge in [0.25, 0.3) is 11.8 Å². The molecule has 3 aromatic carbocycles. The van der Waals surface area contributed by atoms with Crippen LogP contribution in [0.5, 0.6) is 0 Å². The zero-order valence-corrected chi connectivity index (χ0v) is 21.5. The largest absolute Gasteiger partial charge is 0.393 e. The van der Waals surface area contributed by atoms with E-state index in [2.05, 4.69) is 26.2 Å². The summed E-state index contributed by atoms with van der Waals surface area (Å²) in [4.78, 5) is 27.1. The Labute approximate surface area is 226 Å². The van der Waals surface area contributed by atoms with Crippen molar-refractivity contribution in [2.75, 3.05) is 41.0 Å². The number of aliphatic hydroxyl groups is 1. The summed E-state index contributed by atoms with van der Waals surface area (Å²) in [5.74, 6) is -1.27. The van der Waals surface area contributed by atoms with Crippen LogP contribution in [0.25, 0.3) is 0 Å². The van der Waals surface area contributed by atoms with Crippen LogP contribution in [0, 0.1) is 11.2 Å². The molecular formula is C29H31FN6O3. The number of carbonyl (C=O) groups excluding carboxylic acids is 2. The number of nitrogens with zero attached hydrogens (tertiary/aromatic N) is 1. The third-order valence-corrected chi connectivity index (χ3v) is 6.37. The van der Waals surface area contributed by atoms with Crippen molar-refractivity contribution < 1.29 is 19.1 Å². The molecule has 1 heterocycles. The van der Waals surface area contributed by atoms with E-state index in [1.54, 1.807) is 49.5 Å². The number of amides is 2. The van der Waals surface area contributed by atoms with Crippen molar-refractivity contribution in [2.45, 2.75) is 18.9 Å². The summed E-state index contributed by atoms with van der Waals surface area (Å²) >= 11 is 0. The first kappa shape index (κ1) is 27.3. The first-order chi connectivity index (χ1) is 18.9. The van der Waals surface area contributed by atoms with E-state index < -0.39 is 5.82 Å². The topological polar surface area (TPSA) is 130 Å². The number of nitrogens with one attached hydrogen (secondary N) is 5. The van der Waals surface area contributed by atoms with Crippen molar-refractivity contribution >= 4 is 46.5 Å².